The second-order valence-corrected chi connectivity index (χ2v) is 12.0. The van der Waals surface area contributed by atoms with E-state index in [1.54, 1.807) is 20.8 Å². The summed E-state index contributed by atoms with van der Waals surface area (Å²) in [5.41, 5.74) is 3.80. The van der Waals surface area contributed by atoms with Crippen molar-refractivity contribution < 1.29 is 33.4 Å². The Hall–Kier alpha value is -4.08. The van der Waals surface area contributed by atoms with E-state index in [0.29, 0.717) is 25.8 Å². The fraction of sp³-hybridized carbons (Fsp3) is 0.529. The zero-order valence-electron chi connectivity index (χ0n) is 26.6. The number of benzene rings is 2. The van der Waals surface area contributed by atoms with E-state index < -0.39 is 41.7 Å². The maximum absolute atomic E-state index is 13.4. The zero-order valence-corrected chi connectivity index (χ0v) is 26.6. The zero-order chi connectivity index (χ0) is 32.1. The number of hydrogen-bond donors (Lipinski definition) is 3. The van der Waals surface area contributed by atoms with Crippen molar-refractivity contribution in [1.82, 2.24) is 16.0 Å². The van der Waals surface area contributed by atoms with Crippen molar-refractivity contribution in [3.63, 3.8) is 0 Å². The van der Waals surface area contributed by atoms with E-state index in [2.05, 4.69) is 35.0 Å². The van der Waals surface area contributed by atoms with Crippen molar-refractivity contribution in [2.75, 3.05) is 20.3 Å². The van der Waals surface area contributed by atoms with Crippen molar-refractivity contribution in [3.05, 3.63) is 59.7 Å². The molecule has 0 fully saturated rings. The summed E-state index contributed by atoms with van der Waals surface area (Å²) >= 11 is 0. The number of ether oxygens (including phenoxy) is 3. The van der Waals surface area contributed by atoms with Crippen molar-refractivity contribution >= 4 is 24.1 Å². The molecular weight excluding hydrogens is 562 g/mol. The summed E-state index contributed by atoms with van der Waals surface area (Å²) in [4.78, 5) is 50.8. The Bertz CT molecular complexity index is 1230. The molecule has 0 saturated heterocycles. The maximum atomic E-state index is 13.4. The molecule has 1 aliphatic rings. The van der Waals surface area contributed by atoms with Gasteiger partial charge >= 0.3 is 18.2 Å². The number of fused-ring (bicyclic) bond motifs is 3. The van der Waals surface area contributed by atoms with Gasteiger partial charge in [0.1, 0.15) is 24.3 Å². The molecule has 2 aromatic carbocycles. The van der Waals surface area contributed by atoms with E-state index in [0.717, 1.165) is 41.5 Å². The molecule has 10 nitrogen and oxygen atoms in total. The van der Waals surface area contributed by atoms with Crippen LogP contribution >= 0.6 is 0 Å². The molecule has 44 heavy (non-hydrogen) atoms. The van der Waals surface area contributed by atoms with Gasteiger partial charge < -0.3 is 30.2 Å². The summed E-state index contributed by atoms with van der Waals surface area (Å²) in [6, 6.07) is 14.3. The molecule has 0 aliphatic heterocycles. The van der Waals surface area contributed by atoms with Gasteiger partial charge in [-0.2, -0.15) is 0 Å². The molecule has 0 aromatic heterocycles. The van der Waals surface area contributed by atoms with Crippen LogP contribution in [-0.4, -0.2) is 62.0 Å². The maximum Gasteiger partial charge on any atom is 0.407 e. The Labute approximate surface area is 260 Å². The topological polar surface area (TPSA) is 132 Å². The minimum atomic E-state index is -0.953. The van der Waals surface area contributed by atoms with Gasteiger partial charge in [0.2, 0.25) is 5.91 Å². The summed E-state index contributed by atoms with van der Waals surface area (Å²) in [7, 11) is 1.28. The highest BCUT2D eigenvalue weighted by atomic mass is 16.6. The van der Waals surface area contributed by atoms with Gasteiger partial charge in [0.05, 0.1) is 7.11 Å². The molecule has 1 aliphatic carbocycles. The van der Waals surface area contributed by atoms with Crippen LogP contribution in [0.3, 0.4) is 0 Å². The molecule has 0 bridgehead atoms. The Morgan fingerprint density at radius 2 is 1.39 bits per heavy atom. The molecule has 1 unspecified atom stereocenters. The fourth-order valence-corrected chi connectivity index (χ4v) is 5.29. The van der Waals surface area contributed by atoms with Crippen molar-refractivity contribution in [1.29, 1.82) is 0 Å². The van der Waals surface area contributed by atoms with Crippen LogP contribution < -0.4 is 16.0 Å². The molecule has 10 heteroatoms. The quantitative estimate of drug-likeness (QED) is 0.132. The number of nitrogens with one attached hydrogen (secondary N) is 3. The average molecular weight is 610 g/mol. The number of amides is 3. The van der Waals surface area contributed by atoms with E-state index in [1.807, 2.05) is 36.4 Å². The van der Waals surface area contributed by atoms with Crippen LogP contribution in [0.15, 0.2) is 48.5 Å². The molecule has 0 spiro atoms. The normalized spacial score (nSPS) is 13.6. The first-order valence-electron chi connectivity index (χ1n) is 15.5. The molecule has 2 aromatic rings. The van der Waals surface area contributed by atoms with Gasteiger partial charge in [-0.1, -0.05) is 74.7 Å². The van der Waals surface area contributed by atoms with Crippen LogP contribution in [0.1, 0.15) is 89.7 Å². The first-order valence-corrected chi connectivity index (χ1v) is 15.5. The Balaban J connectivity index is 1.63. The Kier molecular flexibility index (Phi) is 13.0. The van der Waals surface area contributed by atoms with Crippen molar-refractivity contribution in [3.8, 4) is 11.1 Å². The minimum absolute atomic E-state index is 0.107. The molecule has 3 N–H and O–H groups in total. The first kappa shape index (κ1) is 34.4. The van der Waals surface area contributed by atoms with Gasteiger partial charge in [-0.3, -0.25) is 4.79 Å². The standard InChI is InChI=1S/C34H47N3O7/c1-6-7-8-20-29(31(39)42-5)36-30(38)28(19-13-14-21-35-32(40)44-34(2,3)4)37-33(41)43-22-27-25-17-11-9-15-23(25)24-16-10-12-18-26(24)27/h9-12,15-18,27-29H,6-8,13-14,19-22H2,1-5H3,(H,35,40)(H,36,38)(H,37,41)/t28?,29-/m0/s1. The van der Waals surface area contributed by atoms with Crippen LogP contribution in [0.25, 0.3) is 11.1 Å². The smallest absolute Gasteiger partial charge is 0.407 e. The fourth-order valence-electron chi connectivity index (χ4n) is 5.29. The van der Waals surface area contributed by atoms with Gasteiger partial charge in [-0.05, 0) is 68.7 Å². The molecule has 0 radical (unpaired) electrons. The molecular formula is C34H47N3O7. The lowest BCUT2D eigenvalue weighted by Crippen LogP contribution is -2.52. The summed E-state index contributed by atoms with van der Waals surface area (Å²) in [6.45, 7) is 7.86. The van der Waals surface area contributed by atoms with Crippen LogP contribution in [0, 0.1) is 0 Å². The highest BCUT2D eigenvalue weighted by molar-refractivity contribution is 5.89. The van der Waals surface area contributed by atoms with E-state index in [9.17, 15) is 19.2 Å². The lowest BCUT2D eigenvalue weighted by Gasteiger charge is -2.23. The third-order valence-electron chi connectivity index (χ3n) is 7.44. The number of hydrogen-bond acceptors (Lipinski definition) is 7. The van der Waals surface area contributed by atoms with E-state index in [-0.39, 0.29) is 18.9 Å². The molecule has 3 rings (SSSR count). The monoisotopic (exact) mass is 609 g/mol. The van der Waals surface area contributed by atoms with Gasteiger partial charge in [-0.25, -0.2) is 14.4 Å². The Morgan fingerprint density at radius 1 is 0.795 bits per heavy atom. The van der Waals surface area contributed by atoms with E-state index >= 15 is 0 Å². The van der Waals surface area contributed by atoms with Crippen molar-refractivity contribution in [2.24, 2.45) is 0 Å². The molecule has 240 valence electrons. The molecule has 0 heterocycles. The predicted molar refractivity (Wildman–Crippen MR) is 168 cm³/mol. The Morgan fingerprint density at radius 3 is 1.98 bits per heavy atom. The van der Waals surface area contributed by atoms with Crippen LogP contribution in [0.5, 0.6) is 0 Å². The largest absolute Gasteiger partial charge is 0.467 e. The lowest BCUT2D eigenvalue weighted by molar-refractivity contribution is -0.145. The number of esters is 1. The van der Waals surface area contributed by atoms with E-state index in [4.69, 9.17) is 14.2 Å². The second-order valence-electron chi connectivity index (χ2n) is 12.0. The third kappa shape index (κ3) is 10.3. The number of unbranched alkanes of at least 4 members (excludes halogenated alkanes) is 3. The number of rotatable bonds is 15. The highest BCUT2D eigenvalue weighted by Crippen LogP contribution is 2.44. The van der Waals surface area contributed by atoms with Gasteiger partial charge in [0, 0.05) is 12.5 Å². The first-order chi connectivity index (χ1) is 21.0. The minimum Gasteiger partial charge on any atom is -0.467 e. The van der Waals surface area contributed by atoms with Crippen LogP contribution in [0.4, 0.5) is 9.59 Å². The molecule has 3 amide bonds. The van der Waals surface area contributed by atoms with Crippen LogP contribution in [-0.2, 0) is 23.8 Å². The summed E-state index contributed by atoms with van der Waals surface area (Å²) in [5.74, 6) is -1.15. The SMILES string of the molecule is CCCCC[C@H](NC(=O)C(CCCCNC(=O)OC(C)(C)C)NC(=O)OCC1c2ccccc2-c2ccccc21)C(=O)OC. The molecule has 2 atom stereocenters. The summed E-state index contributed by atoms with van der Waals surface area (Å²) < 4.78 is 15.8. The predicted octanol–water partition coefficient (Wildman–Crippen LogP) is 5.83. The second kappa shape index (κ2) is 16.7. The van der Waals surface area contributed by atoms with Gasteiger partial charge in [-0.15, -0.1) is 0 Å². The van der Waals surface area contributed by atoms with Gasteiger partial charge in [0.25, 0.3) is 0 Å². The van der Waals surface area contributed by atoms with E-state index in [1.165, 1.54) is 7.11 Å². The lowest BCUT2D eigenvalue weighted by atomic mass is 9.98. The number of carbonyl (C=O) groups excluding carboxylic acids is 4. The average Bonchev–Trinajstić information content (AvgIpc) is 3.31. The number of carbonyl (C=O) groups is 4. The van der Waals surface area contributed by atoms with Crippen molar-refractivity contribution in [2.45, 2.75) is 96.2 Å². The van der Waals surface area contributed by atoms with Gasteiger partial charge in [0.15, 0.2) is 0 Å². The highest BCUT2D eigenvalue weighted by Gasteiger charge is 2.31. The van der Waals surface area contributed by atoms with Crippen LogP contribution in [0.2, 0.25) is 0 Å². The third-order valence-corrected chi connectivity index (χ3v) is 7.44. The number of alkyl carbamates (subject to hydrolysis) is 2. The number of methoxy groups -OCH3 is 1. The molecule has 0 saturated carbocycles. The summed E-state index contributed by atoms with van der Waals surface area (Å²) in [6.07, 6.45) is 3.15. The summed E-state index contributed by atoms with van der Waals surface area (Å²) in [5, 5.41) is 8.18.